The van der Waals surface area contributed by atoms with E-state index >= 15 is 0 Å². The fourth-order valence-electron chi connectivity index (χ4n) is 0.581. The lowest BCUT2D eigenvalue weighted by atomic mass is 10.6. The van der Waals surface area contributed by atoms with Crippen molar-refractivity contribution in [3.63, 3.8) is 0 Å². The molecular weight excluding hydrogens is 118 g/mol. The number of aromatic hydroxyl groups is 1. The van der Waals surface area contributed by atoms with E-state index in [0.29, 0.717) is 0 Å². The van der Waals surface area contributed by atoms with Crippen LogP contribution < -0.4 is 0 Å². The Bertz CT molecular complexity index is 227. The SMILES string of the molecule is CC(=O)n1ccc(O)c1. The van der Waals surface area contributed by atoms with E-state index in [-0.39, 0.29) is 11.7 Å². The molecule has 0 saturated heterocycles. The Morgan fingerprint density at radius 1 is 1.78 bits per heavy atom. The normalized spacial score (nSPS) is 9.44. The Kier molecular flexibility index (Phi) is 1.26. The molecule has 0 spiro atoms. The van der Waals surface area contributed by atoms with Gasteiger partial charge in [0, 0.05) is 13.1 Å². The topological polar surface area (TPSA) is 42.2 Å². The first-order valence-electron chi connectivity index (χ1n) is 2.58. The Hall–Kier alpha value is -1.25. The number of carbonyl (C=O) groups is 1. The quantitative estimate of drug-likeness (QED) is 0.558. The van der Waals surface area contributed by atoms with Gasteiger partial charge in [0.25, 0.3) is 0 Å². The second-order valence-electron chi connectivity index (χ2n) is 1.80. The molecule has 9 heavy (non-hydrogen) atoms. The number of aromatic nitrogens is 1. The molecule has 1 heterocycles. The van der Waals surface area contributed by atoms with Crippen molar-refractivity contribution in [1.82, 2.24) is 4.57 Å². The lowest BCUT2D eigenvalue weighted by Gasteiger charge is -1.89. The maximum absolute atomic E-state index is 10.5. The fourth-order valence-corrected chi connectivity index (χ4v) is 0.581. The third-order valence-corrected chi connectivity index (χ3v) is 1.04. The minimum absolute atomic E-state index is 0.102. The molecule has 0 atom stereocenters. The standard InChI is InChI=1S/C6H7NO2/c1-5(8)7-3-2-6(9)4-7/h2-4,9H,1H3. The molecule has 0 aliphatic heterocycles. The first-order valence-corrected chi connectivity index (χ1v) is 2.58. The van der Waals surface area contributed by atoms with Crippen LogP contribution in [0.3, 0.4) is 0 Å². The largest absolute Gasteiger partial charge is 0.506 e. The van der Waals surface area contributed by atoms with Gasteiger partial charge < -0.3 is 5.11 Å². The van der Waals surface area contributed by atoms with E-state index in [4.69, 9.17) is 5.11 Å². The lowest BCUT2D eigenvalue weighted by Crippen LogP contribution is -2.00. The van der Waals surface area contributed by atoms with Crippen molar-refractivity contribution in [2.75, 3.05) is 0 Å². The van der Waals surface area contributed by atoms with E-state index in [1.54, 1.807) is 0 Å². The Morgan fingerprint density at radius 2 is 2.44 bits per heavy atom. The van der Waals surface area contributed by atoms with E-state index in [0.717, 1.165) is 0 Å². The van der Waals surface area contributed by atoms with Gasteiger partial charge >= 0.3 is 0 Å². The van der Waals surface area contributed by atoms with Crippen molar-refractivity contribution < 1.29 is 9.90 Å². The molecule has 0 aliphatic rings. The molecule has 1 aromatic rings. The van der Waals surface area contributed by atoms with Crippen molar-refractivity contribution in [2.24, 2.45) is 0 Å². The highest BCUT2D eigenvalue weighted by Gasteiger charge is 1.95. The van der Waals surface area contributed by atoms with Crippen LogP contribution in [0.15, 0.2) is 18.5 Å². The first-order chi connectivity index (χ1) is 4.20. The van der Waals surface area contributed by atoms with Crippen molar-refractivity contribution in [2.45, 2.75) is 6.92 Å². The highest BCUT2D eigenvalue weighted by molar-refractivity contribution is 5.76. The van der Waals surface area contributed by atoms with Gasteiger partial charge in [0.05, 0.1) is 6.20 Å². The molecule has 3 nitrogen and oxygen atoms in total. The number of hydrogen-bond donors (Lipinski definition) is 1. The van der Waals surface area contributed by atoms with E-state index in [1.807, 2.05) is 0 Å². The van der Waals surface area contributed by atoms with E-state index in [2.05, 4.69) is 0 Å². The predicted molar refractivity (Wildman–Crippen MR) is 32.4 cm³/mol. The van der Waals surface area contributed by atoms with Gasteiger partial charge in [-0.25, -0.2) is 0 Å². The maximum Gasteiger partial charge on any atom is 0.227 e. The molecule has 0 unspecified atom stereocenters. The summed E-state index contributed by atoms with van der Waals surface area (Å²) in [7, 11) is 0. The number of hydrogen-bond acceptors (Lipinski definition) is 2. The molecule has 1 aromatic heterocycles. The highest BCUT2D eigenvalue weighted by Crippen LogP contribution is 2.06. The van der Waals surface area contributed by atoms with Crippen LogP contribution in [-0.2, 0) is 0 Å². The van der Waals surface area contributed by atoms with Crippen LogP contribution in [-0.4, -0.2) is 15.6 Å². The van der Waals surface area contributed by atoms with Gasteiger partial charge in [-0.1, -0.05) is 0 Å². The molecule has 0 radical (unpaired) electrons. The minimum Gasteiger partial charge on any atom is -0.506 e. The summed E-state index contributed by atoms with van der Waals surface area (Å²) in [6.45, 7) is 1.43. The zero-order valence-electron chi connectivity index (χ0n) is 5.03. The molecule has 0 aliphatic carbocycles. The van der Waals surface area contributed by atoms with Gasteiger partial charge in [-0.05, 0) is 6.07 Å². The minimum atomic E-state index is -0.102. The average Bonchev–Trinajstić information content (AvgIpc) is 2.14. The lowest BCUT2D eigenvalue weighted by molar-refractivity contribution is 0.0936. The van der Waals surface area contributed by atoms with Crippen LogP contribution >= 0.6 is 0 Å². The van der Waals surface area contributed by atoms with Crippen molar-refractivity contribution in [1.29, 1.82) is 0 Å². The van der Waals surface area contributed by atoms with Gasteiger partial charge in [0.2, 0.25) is 5.91 Å². The summed E-state index contributed by atoms with van der Waals surface area (Å²) >= 11 is 0. The molecule has 0 fully saturated rings. The second-order valence-corrected chi connectivity index (χ2v) is 1.80. The van der Waals surface area contributed by atoms with Gasteiger partial charge in [0.1, 0.15) is 5.75 Å². The number of carbonyl (C=O) groups excluding carboxylic acids is 1. The molecule has 48 valence electrons. The number of nitrogens with zero attached hydrogens (tertiary/aromatic N) is 1. The third-order valence-electron chi connectivity index (χ3n) is 1.04. The fraction of sp³-hybridized carbons (Fsp3) is 0.167. The molecule has 0 bridgehead atoms. The molecule has 3 heteroatoms. The van der Waals surface area contributed by atoms with E-state index in [1.165, 1.54) is 30.0 Å². The van der Waals surface area contributed by atoms with Crippen LogP contribution in [0.5, 0.6) is 5.75 Å². The summed E-state index contributed by atoms with van der Waals surface area (Å²) in [6.07, 6.45) is 2.88. The van der Waals surface area contributed by atoms with Crippen molar-refractivity contribution >= 4 is 5.91 Å². The van der Waals surface area contributed by atoms with Gasteiger partial charge in [-0.15, -0.1) is 0 Å². The van der Waals surface area contributed by atoms with E-state index < -0.39 is 0 Å². The van der Waals surface area contributed by atoms with Crippen LogP contribution in [0.25, 0.3) is 0 Å². The van der Waals surface area contributed by atoms with Gasteiger partial charge in [0.15, 0.2) is 0 Å². The third kappa shape index (κ3) is 1.10. The van der Waals surface area contributed by atoms with Crippen molar-refractivity contribution in [3.05, 3.63) is 18.5 Å². The van der Waals surface area contributed by atoms with Crippen LogP contribution in [0.2, 0.25) is 0 Å². The summed E-state index contributed by atoms with van der Waals surface area (Å²) in [5, 5.41) is 8.73. The summed E-state index contributed by atoms with van der Waals surface area (Å²) in [5.74, 6) is 0.0144. The van der Waals surface area contributed by atoms with Crippen molar-refractivity contribution in [3.8, 4) is 5.75 Å². The molecular formula is C6H7NO2. The predicted octanol–water partition coefficient (Wildman–Crippen LogP) is 0.854. The molecule has 0 aromatic carbocycles. The van der Waals surface area contributed by atoms with Crippen LogP contribution in [0.4, 0.5) is 0 Å². The Balaban J connectivity index is 2.98. The molecule has 1 N–H and O–H groups in total. The van der Waals surface area contributed by atoms with Gasteiger partial charge in [-0.3, -0.25) is 9.36 Å². The molecule has 0 amide bonds. The monoisotopic (exact) mass is 125 g/mol. The highest BCUT2D eigenvalue weighted by atomic mass is 16.3. The van der Waals surface area contributed by atoms with Crippen LogP contribution in [0, 0.1) is 0 Å². The smallest absolute Gasteiger partial charge is 0.227 e. The maximum atomic E-state index is 10.5. The molecule has 0 saturated carbocycles. The molecule has 1 rings (SSSR count). The zero-order chi connectivity index (χ0) is 6.85. The summed E-state index contributed by atoms with van der Waals surface area (Å²) < 4.78 is 1.31. The van der Waals surface area contributed by atoms with Gasteiger partial charge in [-0.2, -0.15) is 0 Å². The average molecular weight is 125 g/mol. The summed E-state index contributed by atoms with van der Waals surface area (Å²) in [4.78, 5) is 10.5. The Morgan fingerprint density at radius 3 is 2.67 bits per heavy atom. The van der Waals surface area contributed by atoms with E-state index in [9.17, 15) is 4.79 Å². The second kappa shape index (κ2) is 1.93. The zero-order valence-corrected chi connectivity index (χ0v) is 5.03. The Labute approximate surface area is 52.5 Å². The van der Waals surface area contributed by atoms with Crippen LogP contribution in [0.1, 0.15) is 11.7 Å². The summed E-state index contributed by atoms with van der Waals surface area (Å²) in [5.41, 5.74) is 0. The number of rotatable bonds is 0. The summed E-state index contributed by atoms with van der Waals surface area (Å²) in [6, 6.07) is 1.46. The first kappa shape index (κ1) is 5.88.